The molecular formula is C15H14N2O4S. The molecular weight excluding hydrogens is 304 g/mol. The fraction of sp³-hybridized carbons (Fsp3) is 0.133. The first kappa shape index (κ1) is 15.7. The number of thiophene rings is 1. The van der Waals surface area contributed by atoms with Gasteiger partial charge in [-0.1, -0.05) is 0 Å². The summed E-state index contributed by atoms with van der Waals surface area (Å²) in [6, 6.07) is 8.01. The van der Waals surface area contributed by atoms with Gasteiger partial charge in [-0.05, 0) is 35.7 Å². The molecule has 0 aliphatic rings. The Labute approximate surface area is 131 Å². The number of hydrogen-bond acceptors (Lipinski definition) is 5. The molecule has 6 nitrogen and oxygen atoms in total. The normalized spacial score (nSPS) is 9.86. The van der Waals surface area contributed by atoms with Crippen LogP contribution in [0, 0.1) is 0 Å². The molecule has 0 radical (unpaired) electrons. The summed E-state index contributed by atoms with van der Waals surface area (Å²) in [4.78, 5) is 34.7. The summed E-state index contributed by atoms with van der Waals surface area (Å²) in [5.41, 5.74) is 1.43. The maximum Gasteiger partial charge on any atom is 0.339 e. The second-order valence-corrected chi connectivity index (χ2v) is 5.07. The van der Waals surface area contributed by atoms with Crippen LogP contribution in [0.4, 0.5) is 5.69 Å². The Kier molecular flexibility index (Phi) is 5.26. The lowest BCUT2D eigenvalue weighted by Crippen LogP contribution is -2.21. The first-order valence-corrected chi connectivity index (χ1v) is 7.35. The van der Waals surface area contributed by atoms with Crippen molar-refractivity contribution in [2.75, 3.05) is 19.0 Å². The van der Waals surface area contributed by atoms with Gasteiger partial charge in [0.15, 0.2) is 6.61 Å². The molecule has 0 atom stereocenters. The highest BCUT2D eigenvalue weighted by Gasteiger charge is 2.11. The van der Waals surface area contributed by atoms with E-state index in [9.17, 15) is 14.4 Å². The van der Waals surface area contributed by atoms with Crippen LogP contribution in [0.25, 0.3) is 0 Å². The van der Waals surface area contributed by atoms with E-state index >= 15 is 0 Å². The second-order valence-electron chi connectivity index (χ2n) is 4.29. The van der Waals surface area contributed by atoms with Crippen LogP contribution in [-0.4, -0.2) is 31.4 Å². The highest BCUT2D eigenvalue weighted by molar-refractivity contribution is 7.08. The lowest BCUT2D eigenvalue weighted by Gasteiger charge is -2.07. The third-order valence-corrected chi connectivity index (χ3v) is 3.43. The van der Waals surface area contributed by atoms with Gasteiger partial charge < -0.3 is 15.4 Å². The summed E-state index contributed by atoms with van der Waals surface area (Å²) in [5, 5.41) is 8.49. The Hall–Kier alpha value is -2.67. The molecule has 0 bridgehead atoms. The van der Waals surface area contributed by atoms with Crippen molar-refractivity contribution < 1.29 is 19.1 Å². The molecule has 0 unspecified atom stereocenters. The number of esters is 1. The topological polar surface area (TPSA) is 84.5 Å². The fourth-order valence-corrected chi connectivity index (χ4v) is 2.27. The summed E-state index contributed by atoms with van der Waals surface area (Å²) >= 11 is 1.38. The standard InChI is InChI=1S/C15H14N2O4S/c1-16-14(19)10-2-4-12(5-3-10)17-13(18)8-21-15(20)11-6-7-22-9-11/h2-7,9H,8H2,1H3,(H,16,19)(H,17,18). The highest BCUT2D eigenvalue weighted by Crippen LogP contribution is 2.10. The molecule has 1 aromatic carbocycles. The zero-order chi connectivity index (χ0) is 15.9. The van der Waals surface area contributed by atoms with Crippen LogP contribution in [0.1, 0.15) is 20.7 Å². The minimum atomic E-state index is -0.536. The van der Waals surface area contributed by atoms with Crippen LogP contribution < -0.4 is 10.6 Å². The van der Waals surface area contributed by atoms with Crippen LogP contribution in [-0.2, 0) is 9.53 Å². The summed E-state index contributed by atoms with van der Waals surface area (Å²) in [5.74, 6) is -1.19. The predicted molar refractivity (Wildman–Crippen MR) is 83.1 cm³/mol. The quantitative estimate of drug-likeness (QED) is 0.825. The molecule has 0 saturated heterocycles. The first-order valence-electron chi connectivity index (χ1n) is 6.41. The van der Waals surface area contributed by atoms with Crippen molar-refractivity contribution in [1.82, 2.24) is 5.32 Å². The van der Waals surface area contributed by atoms with Crippen molar-refractivity contribution in [3.63, 3.8) is 0 Å². The zero-order valence-electron chi connectivity index (χ0n) is 11.8. The van der Waals surface area contributed by atoms with Gasteiger partial charge in [-0.25, -0.2) is 4.79 Å². The molecule has 0 spiro atoms. The molecule has 2 rings (SSSR count). The number of nitrogens with one attached hydrogen (secondary N) is 2. The van der Waals surface area contributed by atoms with E-state index in [0.717, 1.165) is 0 Å². The summed E-state index contributed by atoms with van der Waals surface area (Å²) in [7, 11) is 1.54. The summed E-state index contributed by atoms with van der Waals surface area (Å²) in [6.45, 7) is -0.369. The third-order valence-electron chi connectivity index (χ3n) is 2.75. The van der Waals surface area contributed by atoms with E-state index < -0.39 is 11.9 Å². The molecule has 0 fully saturated rings. The van der Waals surface area contributed by atoms with E-state index in [4.69, 9.17) is 4.74 Å². The Morgan fingerprint density at radius 2 is 1.82 bits per heavy atom. The number of ether oxygens (including phenoxy) is 1. The number of hydrogen-bond donors (Lipinski definition) is 2. The number of benzene rings is 1. The molecule has 0 aliphatic carbocycles. The summed E-state index contributed by atoms with van der Waals surface area (Å²) in [6.07, 6.45) is 0. The van der Waals surface area contributed by atoms with E-state index in [-0.39, 0.29) is 12.5 Å². The second kappa shape index (κ2) is 7.37. The monoisotopic (exact) mass is 318 g/mol. The largest absolute Gasteiger partial charge is 0.452 e. The lowest BCUT2D eigenvalue weighted by molar-refractivity contribution is -0.119. The number of carbonyl (C=O) groups is 3. The van der Waals surface area contributed by atoms with Crippen molar-refractivity contribution in [1.29, 1.82) is 0 Å². The molecule has 0 saturated carbocycles. The minimum absolute atomic E-state index is 0.206. The smallest absolute Gasteiger partial charge is 0.339 e. The van der Waals surface area contributed by atoms with Gasteiger partial charge in [-0.2, -0.15) is 11.3 Å². The number of rotatable bonds is 5. The van der Waals surface area contributed by atoms with Crippen molar-refractivity contribution in [2.24, 2.45) is 0 Å². The Morgan fingerprint density at radius 1 is 1.09 bits per heavy atom. The van der Waals surface area contributed by atoms with Crippen molar-refractivity contribution >= 4 is 34.8 Å². The van der Waals surface area contributed by atoms with Crippen LogP contribution >= 0.6 is 11.3 Å². The maximum atomic E-state index is 11.7. The van der Waals surface area contributed by atoms with E-state index in [0.29, 0.717) is 16.8 Å². The average Bonchev–Trinajstić information content (AvgIpc) is 3.07. The Bertz CT molecular complexity index is 665. The van der Waals surface area contributed by atoms with Gasteiger partial charge >= 0.3 is 5.97 Å². The highest BCUT2D eigenvalue weighted by atomic mass is 32.1. The summed E-state index contributed by atoms with van der Waals surface area (Å²) < 4.78 is 4.89. The maximum absolute atomic E-state index is 11.7. The van der Waals surface area contributed by atoms with E-state index in [2.05, 4.69) is 10.6 Å². The number of amides is 2. The third kappa shape index (κ3) is 4.16. The van der Waals surface area contributed by atoms with Gasteiger partial charge in [0.05, 0.1) is 5.56 Å². The molecule has 114 valence electrons. The lowest BCUT2D eigenvalue weighted by atomic mass is 10.2. The predicted octanol–water partition coefficient (Wildman–Crippen LogP) is 1.90. The van der Waals surface area contributed by atoms with Gasteiger partial charge in [0.2, 0.25) is 0 Å². The van der Waals surface area contributed by atoms with Crippen molar-refractivity contribution in [2.45, 2.75) is 0 Å². The van der Waals surface area contributed by atoms with Crippen LogP contribution in [0.3, 0.4) is 0 Å². The fourth-order valence-electron chi connectivity index (χ4n) is 1.64. The van der Waals surface area contributed by atoms with E-state index in [1.54, 1.807) is 48.1 Å². The molecule has 1 heterocycles. The first-order chi connectivity index (χ1) is 10.6. The zero-order valence-corrected chi connectivity index (χ0v) is 12.6. The van der Waals surface area contributed by atoms with Gasteiger partial charge in [0, 0.05) is 23.7 Å². The van der Waals surface area contributed by atoms with Crippen LogP contribution in [0.15, 0.2) is 41.1 Å². The number of anilines is 1. The van der Waals surface area contributed by atoms with Crippen molar-refractivity contribution in [3.8, 4) is 0 Å². The van der Waals surface area contributed by atoms with Gasteiger partial charge in [-0.3, -0.25) is 9.59 Å². The Morgan fingerprint density at radius 3 is 2.41 bits per heavy atom. The molecule has 22 heavy (non-hydrogen) atoms. The molecule has 2 aromatic rings. The molecule has 2 amide bonds. The number of carbonyl (C=O) groups excluding carboxylic acids is 3. The van der Waals surface area contributed by atoms with Gasteiger partial charge in [0.25, 0.3) is 11.8 Å². The molecule has 2 N–H and O–H groups in total. The van der Waals surface area contributed by atoms with Crippen LogP contribution in [0.2, 0.25) is 0 Å². The Balaban J connectivity index is 1.84. The molecule has 1 aromatic heterocycles. The molecule has 0 aliphatic heterocycles. The minimum Gasteiger partial charge on any atom is -0.452 e. The van der Waals surface area contributed by atoms with E-state index in [1.807, 2.05) is 0 Å². The average molecular weight is 318 g/mol. The SMILES string of the molecule is CNC(=O)c1ccc(NC(=O)COC(=O)c2ccsc2)cc1. The van der Waals surface area contributed by atoms with Gasteiger partial charge in [-0.15, -0.1) is 0 Å². The van der Waals surface area contributed by atoms with E-state index in [1.165, 1.54) is 11.3 Å². The van der Waals surface area contributed by atoms with Crippen LogP contribution in [0.5, 0.6) is 0 Å². The van der Waals surface area contributed by atoms with Crippen molar-refractivity contribution in [3.05, 3.63) is 52.2 Å². The van der Waals surface area contributed by atoms with Gasteiger partial charge in [0.1, 0.15) is 0 Å². The molecule has 7 heteroatoms.